The van der Waals surface area contributed by atoms with Crippen LogP contribution in [0.3, 0.4) is 0 Å². The number of imidazole rings is 1. The molecule has 4 heterocycles. The fraction of sp³-hybridized carbons (Fsp3) is 0. The van der Waals surface area contributed by atoms with Gasteiger partial charge in [-0.2, -0.15) is 0 Å². The Kier molecular flexibility index (Phi) is 4.82. The van der Waals surface area contributed by atoms with Crippen LogP contribution in [0.2, 0.25) is 0 Å². The van der Waals surface area contributed by atoms with Crippen LogP contribution < -0.4 is 0 Å². The highest BCUT2D eigenvalue weighted by molar-refractivity contribution is 9.10. The third kappa shape index (κ3) is 3.38. The van der Waals surface area contributed by atoms with Crippen LogP contribution in [0, 0.1) is 0 Å². The van der Waals surface area contributed by atoms with Gasteiger partial charge in [0.15, 0.2) is 4.96 Å². The number of nitrogens with zero attached hydrogens (tertiary/aromatic N) is 6. The summed E-state index contributed by atoms with van der Waals surface area (Å²) in [6.07, 6.45) is 3.41. The Morgan fingerprint density at radius 3 is 2.23 bits per heavy atom. The maximum absolute atomic E-state index is 10.9. The first-order valence-corrected chi connectivity index (χ1v) is 10.6. The maximum atomic E-state index is 10.9. The molecule has 0 aliphatic carbocycles. The van der Waals surface area contributed by atoms with Crippen LogP contribution in [0.25, 0.3) is 27.7 Å². The van der Waals surface area contributed by atoms with Crippen LogP contribution in [0.4, 0.5) is 10.7 Å². The SMILES string of the molecule is Oc1c(N=Nc2ccc(Br)cc2)sc2nc(-c3ccccn3)c(-c3ccccn3)n12. The molecule has 0 aliphatic rings. The number of azo groups is 1. The molecule has 5 aromatic rings. The zero-order chi connectivity index (χ0) is 20.5. The van der Waals surface area contributed by atoms with E-state index in [0.29, 0.717) is 38.4 Å². The minimum atomic E-state index is -0.0359. The fourth-order valence-corrected chi connectivity index (χ4v) is 4.10. The van der Waals surface area contributed by atoms with Crippen molar-refractivity contribution in [2.75, 3.05) is 0 Å². The molecule has 30 heavy (non-hydrogen) atoms. The van der Waals surface area contributed by atoms with Crippen LogP contribution >= 0.6 is 27.3 Å². The second-order valence-electron chi connectivity index (χ2n) is 6.26. The van der Waals surface area contributed by atoms with Crippen LogP contribution in [0.15, 0.2) is 87.8 Å². The van der Waals surface area contributed by atoms with Gasteiger partial charge >= 0.3 is 0 Å². The molecule has 4 aromatic heterocycles. The number of fused-ring (bicyclic) bond motifs is 1. The fourth-order valence-electron chi connectivity index (χ4n) is 2.99. The van der Waals surface area contributed by atoms with Gasteiger partial charge < -0.3 is 5.11 Å². The third-order valence-corrected chi connectivity index (χ3v) is 5.78. The van der Waals surface area contributed by atoms with Crippen LogP contribution in [0.1, 0.15) is 0 Å². The van der Waals surface area contributed by atoms with E-state index < -0.39 is 0 Å². The van der Waals surface area contributed by atoms with Crippen molar-refractivity contribution in [3.63, 3.8) is 0 Å². The van der Waals surface area contributed by atoms with Crippen molar-refractivity contribution in [2.24, 2.45) is 10.2 Å². The number of pyridine rings is 2. The molecule has 0 saturated carbocycles. The number of aromatic hydroxyl groups is 1. The Morgan fingerprint density at radius 2 is 1.57 bits per heavy atom. The molecule has 146 valence electrons. The van der Waals surface area contributed by atoms with Crippen LogP contribution in [0.5, 0.6) is 5.88 Å². The van der Waals surface area contributed by atoms with E-state index in [0.717, 1.165) is 4.47 Å². The number of halogens is 1. The number of hydrogen-bond acceptors (Lipinski definition) is 7. The Labute approximate surface area is 183 Å². The molecule has 0 fully saturated rings. The number of rotatable bonds is 4. The van der Waals surface area contributed by atoms with E-state index in [9.17, 15) is 5.11 Å². The summed E-state index contributed by atoms with van der Waals surface area (Å²) in [6.45, 7) is 0. The topological polar surface area (TPSA) is 88.0 Å². The van der Waals surface area contributed by atoms with Crippen molar-refractivity contribution in [2.45, 2.75) is 0 Å². The minimum Gasteiger partial charge on any atom is -0.492 e. The standard InChI is InChI=1S/C21H13BrN6OS/c22-13-7-9-14(10-8-13)26-27-19-20(29)28-18(16-6-2-4-12-24-16)17(25-21(28)30-19)15-5-1-3-11-23-15/h1-12,29H. The van der Waals surface area contributed by atoms with Gasteiger partial charge in [-0.1, -0.05) is 39.4 Å². The first-order valence-electron chi connectivity index (χ1n) is 8.95. The molecule has 0 aliphatic heterocycles. The van der Waals surface area contributed by atoms with Gasteiger partial charge in [0.1, 0.15) is 11.4 Å². The molecule has 0 amide bonds. The van der Waals surface area contributed by atoms with Crippen molar-refractivity contribution in [1.82, 2.24) is 19.4 Å². The maximum Gasteiger partial charge on any atom is 0.237 e. The van der Waals surface area contributed by atoms with E-state index in [1.807, 2.05) is 60.7 Å². The number of thiazole rings is 1. The summed E-state index contributed by atoms with van der Waals surface area (Å²) in [6, 6.07) is 18.7. The lowest BCUT2D eigenvalue weighted by Crippen LogP contribution is -1.92. The van der Waals surface area contributed by atoms with Crippen molar-refractivity contribution >= 4 is 42.9 Å². The monoisotopic (exact) mass is 476 g/mol. The number of benzene rings is 1. The molecule has 1 N–H and O–H groups in total. The molecule has 0 radical (unpaired) electrons. The number of hydrogen-bond donors (Lipinski definition) is 1. The van der Waals surface area contributed by atoms with Crippen molar-refractivity contribution in [3.05, 3.63) is 77.5 Å². The average molecular weight is 477 g/mol. The summed E-state index contributed by atoms with van der Waals surface area (Å²) in [5.74, 6) is -0.0359. The highest BCUT2D eigenvalue weighted by Crippen LogP contribution is 2.43. The predicted molar refractivity (Wildman–Crippen MR) is 120 cm³/mol. The average Bonchev–Trinajstić information content (AvgIpc) is 3.31. The molecule has 0 unspecified atom stereocenters. The Bertz CT molecular complexity index is 1350. The van der Waals surface area contributed by atoms with E-state index in [2.05, 4.69) is 36.1 Å². The van der Waals surface area contributed by atoms with Gasteiger partial charge in [0.05, 0.1) is 17.1 Å². The molecule has 0 bridgehead atoms. The van der Waals surface area contributed by atoms with Gasteiger partial charge in [-0.05, 0) is 48.5 Å². The lowest BCUT2D eigenvalue weighted by molar-refractivity contribution is 0.451. The summed E-state index contributed by atoms with van der Waals surface area (Å²) in [5.41, 5.74) is 3.36. The zero-order valence-corrected chi connectivity index (χ0v) is 17.7. The summed E-state index contributed by atoms with van der Waals surface area (Å²) in [7, 11) is 0. The van der Waals surface area contributed by atoms with Crippen molar-refractivity contribution < 1.29 is 5.11 Å². The highest BCUT2D eigenvalue weighted by atomic mass is 79.9. The van der Waals surface area contributed by atoms with Crippen molar-refractivity contribution in [3.8, 4) is 28.7 Å². The zero-order valence-electron chi connectivity index (χ0n) is 15.3. The number of aromatic nitrogens is 4. The molecule has 0 spiro atoms. The Morgan fingerprint density at radius 1 is 0.867 bits per heavy atom. The predicted octanol–water partition coefficient (Wildman–Crippen LogP) is 6.40. The normalized spacial score (nSPS) is 11.5. The van der Waals surface area contributed by atoms with Gasteiger partial charge in [-0.3, -0.25) is 9.97 Å². The third-order valence-electron chi connectivity index (χ3n) is 4.34. The smallest absolute Gasteiger partial charge is 0.237 e. The Balaban J connectivity index is 1.66. The molecular weight excluding hydrogens is 464 g/mol. The van der Waals surface area contributed by atoms with E-state index >= 15 is 0 Å². The minimum absolute atomic E-state index is 0.0359. The van der Waals surface area contributed by atoms with Crippen molar-refractivity contribution in [1.29, 1.82) is 0 Å². The molecule has 1 aromatic carbocycles. The van der Waals surface area contributed by atoms with E-state index in [4.69, 9.17) is 4.98 Å². The molecule has 7 nitrogen and oxygen atoms in total. The van der Waals surface area contributed by atoms with Gasteiger partial charge in [0, 0.05) is 16.9 Å². The quantitative estimate of drug-likeness (QED) is 0.303. The van der Waals surface area contributed by atoms with E-state index in [1.54, 1.807) is 16.8 Å². The summed E-state index contributed by atoms with van der Waals surface area (Å²) in [4.78, 5) is 14.2. The van der Waals surface area contributed by atoms with Gasteiger partial charge in [0.25, 0.3) is 0 Å². The summed E-state index contributed by atoms with van der Waals surface area (Å²) in [5, 5.41) is 19.8. The first kappa shape index (κ1) is 18.6. The van der Waals surface area contributed by atoms with Crippen LogP contribution in [-0.4, -0.2) is 24.5 Å². The van der Waals surface area contributed by atoms with E-state index in [1.165, 1.54) is 11.3 Å². The summed E-state index contributed by atoms with van der Waals surface area (Å²) < 4.78 is 2.60. The molecular formula is C21H13BrN6OS. The van der Waals surface area contributed by atoms with Crippen LogP contribution in [-0.2, 0) is 0 Å². The molecule has 9 heteroatoms. The first-order chi connectivity index (χ1) is 14.7. The van der Waals surface area contributed by atoms with Gasteiger partial charge in [0.2, 0.25) is 10.9 Å². The summed E-state index contributed by atoms with van der Waals surface area (Å²) >= 11 is 4.64. The second kappa shape index (κ2) is 7.77. The molecule has 0 saturated heterocycles. The highest BCUT2D eigenvalue weighted by Gasteiger charge is 2.24. The lowest BCUT2D eigenvalue weighted by Gasteiger charge is -2.04. The Hall–Kier alpha value is -3.43. The van der Waals surface area contributed by atoms with Gasteiger partial charge in [-0.15, -0.1) is 10.2 Å². The lowest BCUT2D eigenvalue weighted by atomic mass is 10.1. The molecule has 0 atom stereocenters. The second-order valence-corrected chi connectivity index (χ2v) is 8.14. The molecule has 5 rings (SSSR count). The van der Waals surface area contributed by atoms with Gasteiger partial charge in [-0.25, -0.2) is 9.38 Å². The largest absolute Gasteiger partial charge is 0.492 e. The van der Waals surface area contributed by atoms with E-state index in [-0.39, 0.29) is 5.88 Å².